The molecule has 0 aromatic carbocycles. The summed E-state index contributed by atoms with van der Waals surface area (Å²) in [6.07, 6.45) is 2.39. The van der Waals surface area contributed by atoms with Crippen LogP contribution >= 0.6 is 0 Å². The molecule has 6 nitrogen and oxygen atoms in total. The van der Waals surface area contributed by atoms with Crippen molar-refractivity contribution < 1.29 is 18.0 Å². The summed E-state index contributed by atoms with van der Waals surface area (Å²) in [6.45, 7) is -1.40. The van der Waals surface area contributed by atoms with Crippen molar-refractivity contribution in [3.63, 3.8) is 0 Å². The number of hydrogen-bond donors (Lipinski definition) is 1. The average molecular weight is 385 g/mol. The number of alkyl halides is 3. The first-order chi connectivity index (χ1) is 13.4. The highest BCUT2D eigenvalue weighted by Crippen LogP contribution is 2.22. The first-order valence-electron chi connectivity index (χ1n) is 8.33. The predicted molar refractivity (Wildman–Crippen MR) is 96.1 cm³/mol. The number of nitrogens with zero attached hydrogens (tertiary/aromatic N) is 4. The molecule has 0 aliphatic heterocycles. The lowest BCUT2D eigenvalue weighted by Crippen LogP contribution is -2.34. The lowest BCUT2D eigenvalue weighted by Gasteiger charge is -2.07. The summed E-state index contributed by atoms with van der Waals surface area (Å²) in [5.74, 6) is -0.227. The Morgan fingerprint density at radius 2 is 1.75 bits per heavy atom. The predicted octanol–water partition coefficient (Wildman–Crippen LogP) is 3.48. The normalized spacial score (nSPS) is 11.7. The van der Waals surface area contributed by atoms with Crippen molar-refractivity contribution in [3.05, 3.63) is 72.9 Å². The van der Waals surface area contributed by atoms with Gasteiger partial charge in [0.15, 0.2) is 5.69 Å². The van der Waals surface area contributed by atoms with Crippen LogP contribution in [0, 0.1) is 0 Å². The van der Waals surface area contributed by atoms with E-state index in [0.29, 0.717) is 5.82 Å². The second-order valence-corrected chi connectivity index (χ2v) is 6.08. The third-order valence-electron chi connectivity index (χ3n) is 4.15. The van der Waals surface area contributed by atoms with Gasteiger partial charge in [0.2, 0.25) is 0 Å². The number of rotatable bonds is 4. The molecule has 28 heavy (non-hydrogen) atoms. The van der Waals surface area contributed by atoms with Crippen LogP contribution in [0.15, 0.2) is 67.3 Å². The summed E-state index contributed by atoms with van der Waals surface area (Å²) in [7, 11) is 0. The van der Waals surface area contributed by atoms with E-state index >= 15 is 0 Å². The summed E-state index contributed by atoms with van der Waals surface area (Å²) in [4.78, 5) is 15.9. The van der Waals surface area contributed by atoms with Gasteiger partial charge in [0, 0.05) is 30.3 Å². The number of aromatic nitrogens is 4. The summed E-state index contributed by atoms with van der Waals surface area (Å²) >= 11 is 0. The van der Waals surface area contributed by atoms with Gasteiger partial charge in [-0.05, 0) is 47.5 Å². The van der Waals surface area contributed by atoms with Gasteiger partial charge in [0.1, 0.15) is 12.4 Å². The zero-order valence-corrected chi connectivity index (χ0v) is 14.4. The largest absolute Gasteiger partial charge is 0.405 e. The molecule has 0 bridgehead atoms. The Hall–Kier alpha value is -3.62. The minimum absolute atomic E-state index is 0.0931. The van der Waals surface area contributed by atoms with E-state index < -0.39 is 18.6 Å². The Bertz CT molecular complexity index is 1130. The van der Waals surface area contributed by atoms with Crippen molar-refractivity contribution in [2.45, 2.75) is 6.18 Å². The fourth-order valence-corrected chi connectivity index (χ4v) is 2.83. The van der Waals surface area contributed by atoms with Crippen LogP contribution in [-0.4, -0.2) is 37.8 Å². The number of fused-ring (bicyclic) bond motifs is 1. The fourth-order valence-electron chi connectivity index (χ4n) is 2.83. The van der Waals surface area contributed by atoms with Crippen molar-refractivity contribution >= 4 is 11.4 Å². The molecule has 1 amide bonds. The van der Waals surface area contributed by atoms with Crippen LogP contribution in [0.2, 0.25) is 0 Å². The highest BCUT2D eigenvalue weighted by atomic mass is 19.4. The minimum Gasteiger partial charge on any atom is -0.342 e. The quantitative estimate of drug-likeness (QED) is 0.585. The topological polar surface area (TPSA) is 64.2 Å². The number of carbonyl (C=O) groups excluding carboxylic acids is 1. The summed E-state index contributed by atoms with van der Waals surface area (Å²) < 4.78 is 40.1. The number of halogens is 3. The van der Waals surface area contributed by atoms with Gasteiger partial charge in [-0.2, -0.15) is 18.3 Å². The van der Waals surface area contributed by atoms with Crippen LogP contribution in [0.1, 0.15) is 10.5 Å². The number of hydrogen-bond acceptors (Lipinski definition) is 3. The van der Waals surface area contributed by atoms with Gasteiger partial charge in [-0.3, -0.25) is 9.78 Å². The van der Waals surface area contributed by atoms with Crippen LogP contribution in [0.3, 0.4) is 0 Å². The van der Waals surface area contributed by atoms with Crippen LogP contribution in [-0.2, 0) is 0 Å². The maximum atomic E-state index is 12.3. The molecular weight excluding hydrogens is 371 g/mol. The van der Waals surface area contributed by atoms with Crippen LogP contribution in [0.25, 0.3) is 22.5 Å². The smallest absolute Gasteiger partial charge is 0.342 e. The van der Waals surface area contributed by atoms with Crippen molar-refractivity contribution in [2.75, 3.05) is 6.54 Å². The van der Waals surface area contributed by atoms with Crippen molar-refractivity contribution in [3.8, 4) is 16.9 Å². The minimum atomic E-state index is -4.47. The van der Waals surface area contributed by atoms with Crippen molar-refractivity contribution in [2.24, 2.45) is 0 Å². The van der Waals surface area contributed by atoms with E-state index in [4.69, 9.17) is 0 Å². The summed E-state index contributed by atoms with van der Waals surface area (Å²) in [5.41, 5.74) is 2.77. The molecule has 0 spiro atoms. The van der Waals surface area contributed by atoms with E-state index in [1.165, 1.54) is 16.9 Å². The van der Waals surface area contributed by atoms with Gasteiger partial charge in [-0.25, -0.2) is 4.68 Å². The maximum absolute atomic E-state index is 12.3. The molecule has 0 radical (unpaired) electrons. The van der Waals surface area contributed by atoms with Crippen molar-refractivity contribution in [1.82, 2.24) is 24.5 Å². The van der Waals surface area contributed by atoms with Gasteiger partial charge < -0.3 is 9.72 Å². The van der Waals surface area contributed by atoms with E-state index in [2.05, 4.69) is 10.1 Å². The van der Waals surface area contributed by atoms with E-state index in [0.717, 1.165) is 16.6 Å². The molecule has 4 rings (SSSR count). The molecule has 0 saturated carbocycles. The Kier molecular flexibility index (Phi) is 4.34. The van der Waals surface area contributed by atoms with E-state index in [-0.39, 0.29) is 5.69 Å². The lowest BCUT2D eigenvalue weighted by molar-refractivity contribution is -0.123. The third-order valence-corrected chi connectivity index (χ3v) is 4.15. The van der Waals surface area contributed by atoms with E-state index in [1.54, 1.807) is 12.4 Å². The molecule has 0 unspecified atom stereocenters. The van der Waals surface area contributed by atoms with E-state index in [1.807, 2.05) is 52.3 Å². The second-order valence-electron chi connectivity index (χ2n) is 6.08. The van der Waals surface area contributed by atoms with Gasteiger partial charge in [0.25, 0.3) is 5.91 Å². The number of nitrogens with one attached hydrogen (secondary N) is 1. The molecule has 4 heterocycles. The monoisotopic (exact) mass is 385 g/mol. The van der Waals surface area contributed by atoms with Crippen molar-refractivity contribution in [1.29, 1.82) is 0 Å². The fraction of sp³-hybridized carbons (Fsp3) is 0.105. The molecule has 0 atom stereocenters. The third kappa shape index (κ3) is 3.59. The molecule has 0 fully saturated rings. The lowest BCUT2D eigenvalue weighted by atomic mass is 10.1. The average Bonchev–Trinajstić information content (AvgIpc) is 3.32. The summed E-state index contributed by atoms with van der Waals surface area (Å²) in [6, 6.07) is 12.8. The first kappa shape index (κ1) is 17.8. The Balaban J connectivity index is 1.65. The van der Waals surface area contributed by atoms with Gasteiger partial charge in [-0.15, -0.1) is 0 Å². The molecule has 4 aromatic heterocycles. The standard InChI is InChI=1S/C19H14F3N5O/c20-19(21,22)12-24-18(28)16-7-10-27(25-16)17-4-3-15-2-1-14(11-26(15)17)13-5-8-23-9-6-13/h1-11H,12H2,(H,24,28). The first-order valence-corrected chi connectivity index (χ1v) is 8.33. The highest BCUT2D eigenvalue weighted by Gasteiger charge is 2.28. The number of carbonyl (C=O) groups is 1. The van der Waals surface area contributed by atoms with E-state index in [9.17, 15) is 18.0 Å². The zero-order chi connectivity index (χ0) is 19.7. The molecule has 0 aliphatic rings. The van der Waals surface area contributed by atoms with Gasteiger partial charge >= 0.3 is 6.18 Å². The zero-order valence-electron chi connectivity index (χ0n) is 14.4. The highest BCUT2D eigenvalue weighted by molar-refractivity contribution is 5.92. The van der Waals surface area contributed by atoms with Crippen LogP contribution in [0.5, 0.6) is 0 Å². The molecule has 0 aliphatic carbocycles. The van der Waals surface area contributed by atoms with Crippen LogP contribution in [0.4, 0.5) is 13.2 Å². The Morgan fingerprint density at radius 3 is 2.50 bits per heavy atom. The number of pyridine rings is 2. The Morgan fingerprint density at radius 1 is 1.00 bits per heavy atom. The van der Waals surface area contributed by atoms with Crippen LogP contribution < -0.4 is 5.32 Å². The summed E-state index contributed by atoms with van der Waals surface area (Å²) in [5, 5.41) is 5.93. The van der Waals surface area contributed by atoms with Gasteiger partial charge in [0.05, 0.1) is 0 Å². The molecular formula is C19H14F3N5O. The number of amides is 1. The molecule has 9 heteroatoms. The molecule has 0 saturated heterocycles. The molecule has 1 N–H and O–H groups in total. The SMILES string of the molecule is O=C(NCC(F)(F)F)c1ccn(-c2ccc3ccc(-c4ccncc4)cn23)n1. The van der Waals surface area contributed by atoms with Gasteiger partial charge in [-0.1, -0.05) is 6.07 Å². The second kappa shape index (κ2) is 6.84. The molecule has 4 aromatic rings. The Labute approximate surface area is 157 Å². The molecule has 142 valence electrons. The maximum Gasteiger partial charge on any atom is 0.405 e.